The smallest absolute Gasteiger partial charge is 0.323 e. The Labute approximate surface area is 186 Å². The minimum absolute atomic E-state index is 0.0421. The van der Waals surface area contributed by atoms with Crippen LogP contribution in [-0.2, 0) is 14.4 Å². The highest BCUT2D eigenvalue weighted by Crippen LogP contribution is 2.33. The van der Waals surface area contributed by atoms with Gasteiger partial charge >= 0.3 is 5.97 Å². The van der Waals surface area contributed by atoms with Crippen LogP contribution in [0.15, 0.2) is 24.4 Å². The maximum Gasteiger partial charge on any atom is 0.323 e. The molecule has 1 aromatic rings. The number of likely N-dealkylation sites (tertiary alicyclic amines) is 2. The fourth-order valence-electron chi connectivity index (χ4n) is 4.92. The molecular weight excluding hydrogens is 414 g/mol. The van der Waals surface area contributed by atoms with Crippen LogP contribution >= 0.6 is 0 Å². The standard InChI is InChI=1S/C22H29N5O5/c1-24-10-11-26(15-22(24)6-5-18(28)25(9-7-22)14-19(29)30)20(31)16-12-27(13-16)21(32)17-4-2-3-8-23-17/h2-4,8,16H,5-7,9-15H2,1H3,(H,29,30). The fourth-order valence-corrected chi connectivity index (χ4v) is 4.92. The predicted octanol–water partition coefficient (Wildman–Crippen LogP) is -0.236. The SMILES string of the molecule is CN1CCN(C(=O)C2CN(C(=O)c3ccccn3)C2)CC12CCC(=O)N(CC(=O)O)CC2. The van der Waals surface area contributed by atoms with Gasteiger partial charge in [-0.25, -0.2) is 0 Å². The van der Waals surface area contributed by atoms with E-state index in [0.29, 0.717) is 57.8 Å². The van der Waals surface area contributed by atoms with Gasteiger partial charge in [-0.2, -0.15) is 0 Å². The second kappa shape index (κ2) is 8.85. The molecule has 3 saturated heterocycles. The van der Waals surface area contributed by atoms with E-state index in [-0.39, 0.29) is 42.1 Å². The first-order valence-electron chi connectivity index (χ1n) is 11.0. The van der Waals surface area contributed by atoms with Crippen molar-refractivity contribution in [2.75, 3.05) is 52.9 Å². The lowest BCUT2D eigenvalue weighted by Gasteiger charge is -2.51. The van der Waals surface area contributed by atoms with Gasteiger partial charge in [0.2, 0.25) is 11.8 Å². The summed E-state index contributed by atoms with van der Waals surface area (Å²) >= 11 is 0. The number of hydrogen-bond acceptors (Lipinski definition) is 6. The summed E-state index contributed by atoms with van der Waals surface area (Å²) in [5.74, 6) is -1.51. The summed E-state index contributed by atoms with van der Waals surface area (Å²) in [6.45, 7) is 2.67. The summed E-state index contributed by atoms with van der Waals surface area (Å²) in [5, 5.41) is 9.08. The van der Waals surface area contributed by atoms with Crippen molar-refractivity contribution in [2.45, 2.75) is 24.8 Å². The first kappa shape index (κ1) is 22.2. The molecular formula is C22H29N5O5. The van der Waals surface area contributed by atoms with Gasteiger partial charge in [0.05, 0.1) is 5.92 Å². The van der Waals surface area contributed by atoms with Crippen LogP contribution in [-0.4, -0.2) is 112 Å². The lowest BCUT2D eigenvalue weighted by molar-refractivity contribution is -0.145. The fraction of sp³-hybridized carbons (Fsp3) is 0.591. The number of aromatic nitrogens is 1. The first-order chi connectivity index (χ1) is 15.3. The predicted molar refractivity (Wildman–Crippen MR) is 114 cm³/mol. The lowest BCUT2D eigenvalue weighted by atomic mass is 9.85. The summed E-state index contributed by atoms with van der Waals surface area (Å²) in [4.78, 5) is 60.4. The van der Waals surface area contributed by atoms with Crippen LogP contribution in [0.3, 0.4) is 0 Å². The Bertz CT molecular complexity index is 903. The topological polar surface area (TPSA) is 114 Å². The number of likely N-dealkylation sites (N-methyl/N-ethyl adjacent to an activating group) is 1. The quantitative estimate of drug-likeness (QED) is 0.683. The van der Waals surface area contributed by atoms with Crippen LogP contribution in [0.5, 0.6) is 0 Å². The number of aliphatic carboxylic acids is 1. The molecule has 0 saturated carbocycles. The number of amides is 3. The number of carbonyl (C=O) groups excluding carboxylic acids is 3. The van der Waals surface area contributed by atoms with Crippen LogP contribution < -0.4 is 0 Å². The molecule has 3 amide bonds. The van der Waals surface area contributed by atoms with E-state index in [1.54, 1.807) is 29.3 Å². The van der Waals surface area contributed by atoms with E-state index in [1.807, 2.05) is 11.9 Å². The third-order valence-corrected chi connectivity index (χ3v) is 7.04. The molecule has 1 unspecified atom stereocenters. The number of piperazine rings is 1. The van der Waals surface area contributed by atoms with Gasteiger partial charge in [0.1, 0.15) is 12.2 Å². The van der Waals surface area contributed by atoms with Crippen molar-refractivity contribution in [3.05, 3.63) is 30.1 Å². The molecule has 3 fully saturated rings. The molecule has 10 heteroatoms. The summed E-state index contributed by atoms with van der Waals surface area (Å²) in [6, 6.07) is 5.19. The number of carboxylic acids is 1. The molecule has 4 heterocycles. The highest BCUT2D eigenvalue weighted by atomic mass is 16.4. The zero-order valence-corrected chi connectivity index (χ0v) is 18.3. The van der Waals surface area contributed by atoms with E-state index in [1.165, 1.54) is 4.90 Å². The molecule has 3 aliphatic heterocycles. The highest BCUT2D eigenvalue weighted by Gasteiger charge is 2.46. The molecule has 1 aromatic heterocycles. The number of nitrogens with zero attached hydrogens (tertiary/aromatic N) is 5. The van der Waals surface area contributed by atoms with Crippen molar-refractivity contribution < 1.29 is 24.3 Å². The second-order valence-corrected chi connectivity index (χ2v) is 8.99. The number of carboxylic acid groups (broad SMARTS) is 1. The molecule has 1 spiro atoms. The van der Waals surface area contributed by atoms with Crippen molar-refractivity contribution in [3.8, 4) is 0 Å². The Kier molecular flexibility index (Phi) is 6.14. The molecule has 0 radical (unpaired) electrons. The minimum Gasteiger partial charge on any atom is -0.480 e. The Balaban J connectivity index is 1.37. The molecule has 0 bridgehead atoms. The van der Waals surface area contributed by atoms with Gasteiger partial charge in [-0.15, -0.1) is 0 Å². The number of hydrogen-bond donors (Lipinski definition) is 1. The molecule has 4 rings (SSSR count). The zero-order valence-electron chi connectivity index (χ0n) is 18.3. The average molecular weight is 444 g/mol. The third-order valence-electron chi connectivity index (χ3n) is 7.04. The van der Waals surface area contributed by atoms with Crippen LogP contribution in [0.2, 0.25) is 0 Å². The summed E-state index contributed by atoms with van der Waals surface area (Å²) in [6.07, 6.45) is 3.07. The van der Waals surface area contributed by atoms with Gasteiger partial charge in [-0.05, 0) is 32.0 Å². The Hall–Kier alpha value is -3.01. The van der Waals surface area contributed by atoms with Crippen LogP contribution in [0.25, 0.3) is 0 Å². The molecule has 1 atom stereocenters. The molecule has 172 valence electrons. The van der Waals surface area contributed by atoms with Crippen molar-refractivity contribution in [1.29, 1.82) is 0 Å². The molecule has 0 aliphatic carbocycles. The lowest BCUT2D eigenvalue weighted by Crippen LogP contribution is -2.65. The molecule has 10 nitrogen and oxygen atoms in total. The second-order valence-electron chi connectivity index (χ2n) is 8.99. The summed E-state index contributed by atoms with van der Waals surface area (Å²) in [7, 11) is 2.01. The summed E-state index contributed by atoms with van der Waals surface area (Å²) in [5.41, 5.74) is 0.0373. The Morgan fingerprint density at radius 3 is 2.59 bits per heavy atom. The summed E-state index contributed by atoms with van der Waals surface area (Å²) < 4.78 is 0. The van der Waals surface area contributed by atoms with Gasteiger partial charge < -0.3 is 19.8 Å². The first-order valence-corrected chi connectivity index (χ1v) is 11.0. The van der Waals surface area contributed by atoms with Crippen LogP contribution in [0, 0.1) is 5.92 Å². The van der Waals surface area contributed by atoms with Crippen molar-refractivity contribution >= 4 is 23.7 Å². The van der Waals surface area contributed by atoms with Crippen molar-refractivity contribution in [3.63, 3.8) is 0 Å². The zero-order chi connectivity index (χ0) is 22.9. The van der Waals surface area contributed by atoms with E-state index in [9.17, 15) is 19.2 Å². The maximum absolute atomic E-state index is 13.2. The molecule has 3 aliphatic rings. The van der Waals surface area contributed by atoms with E-state index < -0.39 is 5.97 Å². The molecule has 0 aromatic carbocycles. The Morgan fingerprint density at radius 1 is 1.12 bits per heavy atom. The minimum atomic E-state index is -1.02. The number of carbonyl (C=O) groups is 4. The largest absolute Gasteiger partial charge is 0.480 e. The van der Waals surface area contributed by atoms with Crippen molar-refractivity contribution in [1.82, 2.24) is 24.6 Å². The van der Waals surface area contributed by atoms with E-state index >= 15 is 0 Å². The number of pyridine rings is 1. The Morgan fingerprint density at radius 2 is 1.91 bits per heavy atom. The van der Waals surface area contributed by atoms with Crippen LogP contribution in [0.4, 0.5) is 0 Å². The average Bonchev–Trinajstić information content (AvgIpc) is 2.89. The maximum atomic E-state index is 13.2. The van der Waals surface area contributed by atoms with E-state index in [4.69, 9.17) is 5.11 Å². The normalized spacial score (nSPS) is 24.9. The van der Waals surface area contributed by atoms with Gasteiger partial charge in [-0.3, -0.25) is 29.1 Å². The van der Waals surface area contributed by atoms with E-state index in [2.05, 4.69) is 9.88 Å². The van der Waals surface area contributed by atoms with Gasteiger partial charge in [0, 0.05) is 57.4 Å². The van der Waals surface area contributed by atoms with Gasteiger partial charge in [0.15, 0.2) is 0 Å². The van der Waals surface area contributed by atoms with Gasteiger partial charge in [0.25, 0.3) is 5.91 Å². The van der Waals surface area contributed by atoms with Gasteiger partial charge in [-0.1, -0.05) is 6.07 Å². The van der Waals surface area contributed by atoms with Crippen LogP contribution in [0.1, 0.15) is 29.8 Å². The monoisotopic (exact) mass is 443 g/mol. The van der Waals surface area contributed by atoms with Crippen molar-refractivity contribution in [2.24, 2.45) is 5.92 Å². The highest BCUT2D eigenvalue weighted by molar-refractivity contribution is 5.94. The van der Waals surface area contributed by atoms with E-state index in [0.717, 1.165) is 0 Å². The number of rotatable bonds is 4. The molecule has 32 heavy (non-hydrogen) atoms. The molecule has 1 N–H and O–H groups in total. The third kappa shape index (κ3) is 4.32.